The van der Waals surface area contributed by atoms with Crippen LogP contribution in [0.1, 0.15) is 10.4 Å². The van der Waals surface area contributed by atoms with Gasteiger partial charge in [0.15, 0.2) is 0 Å². The lowest BCUT2D eigenvalue weighted by molar-refractivity contribution is 0.0954. The lowest BCUT2D eigenvalue weighted by atomic mass is 10.0. The highest BCUT2D eigenvalue weighted by atomic mass is 35.5. The molecule has 0 aromatic heterocycles. The summed E-state index contributed by atoms with van der Waals surface area (Å²) >= 11 is 6.17. The standard InChI is InChI=1S/C18H21ClN2O2/c1-23-12-11-20-9-10-21-18(22)16-13-15(7-8-17(16)19)14-5-3-2-4-6-14/h2-8,13,20H,9-12H2,1H3,(H,21,22). The highest BCUT2D eigenvalue weighted by Crippen LogP contribution is 2.25. The van der Waals surface area contributed by atoms with Gasteiger partial charge in [0.2, 0.25) is 0 Å². The molecule has 0 aliphatic heterocycles. The number of benzene rings is 2. The molecule has 0 fully saturated rings. The van der Waals surface area contributed by atoms with E-state index in [1.165, 1.54) is 0 Å². The summed E-state index contributed by atoms with van der Waals surface area (Å²) in [5, 5.41) is 6.49. The Labute approximate surface area is 141 Å². The second-order valence-corrected chi connectivity index (χ2v) is 5.47. The minimum atomic E-state index is -0.165. The van der Waals surface area contributed by atoms with Crippen molar-refractivity contribution in [2.24, 2.45) is 0 Å². The van der Waals surface area contributed by atoms with Gasteiger partial charge in [-0.1, -0.05) is 48.0 Å². The van der Waals surface area contributed by atoms with Crippen LogP contribution in [0.2, 0.25) is 5.02 Å². The van der Waals surface area contributed by atoms with E-state index in [1.54, 1.807) is 13.2 Å². The fourth-order valence-corrected chi connectivity index (χ4v) is 2.37. The molecule has 0 atom stereocenters. The summed E-state index contributed by atoms with van der Waals surface area (Å²) in [6, 6.07) is 15.4. The predicted octanol–water partition coefficient (Wildman–Crippen LogP) is 2.97. The molecule has 1 amide bonds. The highest BCUT2D eigenvalue weighted by Gasteiger charge is 2.11. The molecule has 2 rings (SSSR count). The Morgan fingerprint density at radius 1 is 1.04 bits per heavy atom. The Morgan fingerprint density at radius 2 is 1.83 bits per heavy atom. The van der Waals surface area contributed by atoms with Crippen LogP contribution in [0.15, 0.2) is 48.5 Å². The second kappa shape index (κ2) is 9.30. The third-order valence-corrected chi connectivity index (χ3v) is 3.72. The first-order valence-corrected chi connectivity index (χ1v) is 7.93. The monoisotopic (exact) mass is 332 g/mol. The molecule has 5 heteroatoms. The number of nitrogens with one attached hydrogen (secondary N) is 2. The van der Waals surface area contributed by atoms with Gasteiger partial charge in [-0.2, -0.15) is 0 Å². The van der Waals surface area contributed by atoms with Crippen molar-refractivity contribution in [3.05, 3.63) is 59.1 Å². The van der Waals surface area contributed by atoms with Crippen LogP contribution in [0, 0.1) is 0 Å². The maximum Gasteiger partial charge on any atom is 0.252 e. The molecule has 0 heterocycles. The van der Waals surface area contributed by atoms with Crippen LogP contribution in [-0.2, 0) is 4.74 Å². The Bertz CT molecular complexity index is 632. The summed E-state index contributed by atoms with van der Waals surface area (Å²) < 4.78 is 4.94. The third kappa shape index (κ3) is 5.36. The minimum Gasteiger partial charge on any atom is -0.383 e. The summed E-state index contributed by atoms with van der Waals surface area (Å²) in [4.78, 5) is 12.3. The normalized spacial score (nSPS) is 10.5. The van der Waals surface area contributed by atoms with Gasteiger partial charge in [-0.3, -0.25) is 4.79 Å². The number of methoxy groups -OCH3 is 1. The molecule has 0 radical (unpaired) electrons. The average molecular weight is 333 g/mol. The molecule has 0 bridgehead atoms. The zero-order valence-electron chi connectivity index (χ0n) is 13.1. The fraction of sp³-hybridized carbons (Fsp3) is 0.278. The van der Waals surface area contributed by atoms with Crippen molar-refractivity contribution < 1.29 is 9.53 Å². The Kier molecular flexibility index (Phi) is 7.07. The first-order valence-electron chi connectivity index (χ1n) is 7.55. The van der Waals surface area contributed by atoms with Gasteiger partial charge >= 0.3 is 0 Å². The SMILES string of the molecule is COCCNCCNC(=O)c1cc(-c2ccccc2)ccc1Cl. The molecule has 0 aliphatic rings. The van der Waals surface area contributed by atoms with Gasteiger partial charge in [-0.25, -0.2) is 0 Å². The van der Waals surface area contributed by atoms with Crippen LogP contribution in [0.3, 0.4) is 0 Å². The minimum absolute atomic E-state index is 0.165. The Balaban J connectivity index is 1.97. The van der Waals surface area contributed by atoms with Crippen LogP contribution in [0.25, 0.3) is 11.1 Å². The number of amides is 1. The second-order valence-electron chi connectivity index (χ2n) is 5.06. The van der Waals surface area contributed by atoms with E-state index >= 15 is 0 Å². The summed E-state index contributed by atoms with van der Waals surface area (Å²) in [7, 11) is 1.66. The molecule has 23 heavy (non-hydrogen) atoms. The van der Waals surface area contributed by atoms with Crippen molar-refractivity contribution in [3.8, 4) is 11.1 Å². The summed E-state index contributed by atoms with van der Waals surface area (Å²) in [6.07, 6.45) is 0. The van der Waals surface area contributed by atoms with Gasteiger partial charge in [-0.15, -0.1) is 0 Å². The Morgan fingerprint density at radius 3 is 2.57 bits per heavy atom. The van der Waals surface area contributed by atoms with Gasteiger partial charge in [0.25, 0.3) is 5.91 Å². The molecule has 0 unspecified atom stereocenters. The van der Waals surface area contributed by atoms with Crippen LogP contribution < -0.4 is 10.6 Å². The van der Waals surface area contributed by atoms with Crippen molar-refractivity contribution in [2.75, 3.05) is 33.4 Å². The molecule has 0 aliphatic carbocycles. The predicted molar refractivity (Wildman–Crippen MR) is 94.0 cm³/mol. The van der Waals surface area contributed by atoms with E-state index in [1.807, 2.05) is 42.5 Å². The lowest BCUT2D eigenvalue weighted by Gasteiger charge is -2.10. The van der Waals surface area contributed by atoms with Crippen molar-refractivity contribution in [3.63, 3.8) is 0 Å². The lowest BCUT2D eigenvalue weighted by Crippen LogP contribution is -2.33. The topological polar surface area (TPSA) is 50.4 Å². The number of halogens is 1. The maximum absolute atomic E-state index is 12.3. The Hall–Kier alpha value is -1.88. The molecule has 122 valence electrons. The molecule has 2 aromatic carbocycles. The molecular formula is C18H21ClN2O2. The number of ether oxygens (including phenoxy) is 1. The van der Waals surface area contributed by atoms with E-state index in [2.05, 4.69) is 10.6 Å². The van der Waals surface area contributed by atoms with E-state index in [0.29, 0.717) is 30.3 Å². The quantitative estimate of drug-likeness (QED) is 0.731. The van der Waals surface area contributed by atoms with E-state index in [9.17, 15) is 4.79 Å². The molecule has 2 aromatic rings. The number of hydrogen-bond acceptors (Lipinski definition) is 3. The fourth-order valence-electron chi connectivity index (χ4n) is 2.17. The van der Waals surface area contributed by atoms with E-state index in [0.717, 1.165) is 17.7 Å². The van der Waals surface area contributed by atoms with E-state index in [4.69, 9.17) is 16.3 Å². The van der Waals surface area contributed by atoms with Crippen LogP contribution in [0.5, 0.6) is 0 Å². The van der Waals surface area contributed by atoms with Gasteiger partial charge < -0.3 is 15.4 Å². The largest absolute Gasteiger partial charge is 0.383 e. The maximum atomic E-state index is 12.3. The van der Waals surface area contributed by atoms with E-state index in [-0.39, 0.29) is 5.91 Å². The number of carbonyl (C=O) groups is 1. The first kappa shape index (κ1) is 17.5. The molecule has 4 nitrogen and oxygen atoms in total. The zero-order chi connectivity index (χ0) is 16.5. The first-order chi connectivity index (χ1) is 11.2. The summed E-state index contributed by atoms with van der Waals surface area (Å²) in [6.45, 7) is 2.63. The van der Waals surface area contributed by atoms with Crippen molar-refractivity contribution >= 4 is 17.5 Å². The number of rotatable bonds is 8. The van der Waals surface area contributed by atoms with E-state index < -0.39 is 0 Å². The van der Waals surface area contributed by atoms with Gasteiger partial charge in [0.1, 0.15) is 0 Å². The van der Waals surface area contributed by atoms with Crippen LogP contribution in [-0.4, -0.2) is 39.3 Å². The smallest absolute Gasteiger partial charge is 0.252 e. The summed E-state index contributed by atoms with van der Waals surface area (Å²) in [5.41, 5.74) is 2.52. The number of carbonyl (C=O) groups excluding carboxylic acids is 1. The van der Waals surface area contributed by atoms with Gasteiger partial charge in [0, 0.05) is 26.7 Å². The highest BCUT2D eigenvalue weighted by molar-refractivity contribution is 6.34. The average Bonchev–Trinajstić information content (AvgIpc) is 2.59. The van der Waals surface area contributed by atoms with Crippen molar-refractivity contribution in [2.45, 2.75) is 0 Å². The zero-order valence-corrected chi connectivity index (χ0v) is 13.9. The molecule has 0 spiro atoms. The van der Waals surface area contributed by atoms with Crippen LogP contribution >= 0.6 is 11.6 Å². The summed E-state index contributed by atoms with van der Waals surface area (Å²) in [5.74, 6) is -0.165. The molecule has 2 N–H and O–H groups in total. The van der Waals surface area contributed by atoms with Gasteiger partial charge in [-0.05, 0) is 23.3 Å². The molecular weight excluding hydrogens is 312 g/mol. The molecule has 0 saturated heterocycles. The van der Waals surface area contributed by atoms with Crippen LogP contribution in [0.4, 0.5) is 0 Å². The van der Waals surface area contributed by atoms with Crippen molar-refractivity contribution in [1.29, 1.82) is 0 Å². The molecule has 0 saturated carbocycles. The van der Waals surface area contributed by atoms with Crippen molar-refractivity contribution in [1.82, 2.24) is 10.6 Å². The number of hydrogen-bond donors (Lipinski definition) is 2. The van der Waals surface area contributed by atoms with Gasteiger partial charge in [0.05, 0.1) is 17.2 Å². The third-order valence-electron chi connectivity index (χ3n) is 3.39.